The lowest BCUT2D eigenvalue weighted by molar-refractivity contribution is -0.129. The average molecular weight is 615 g/mol. The molecular formula is C33H40BrN7. The van der Waals surface area contributed by atoms with Gasteiger partial charge in [0.2, 0.25) is 0 Å². The Labute approximate surface area is 251 Å². The largest absolute Gasteiger partial charge is 0.356 e. The summed E-state index contributed by atoms with van der Waals surface area (Å²) in [6.07, 6.45) is 11.8. The van der Waals surface area contributed by atoms with Crippen molar-refractivity contribution in [2.45, 2.75) is 71.6 Å². The molecule has 4 aromatic rings. The molecule has 5 atom stereocenters. The minimum atomic E-state index is 0.461. The Bertz CT molecular complexity index is 1520. The van der Waals surface area contributed by atoms with Crippen molar-refractivity contribution in [3.05, 3.63) is 58.8 Å². The van der Waals surface area contributed by atoms with Gasteiger partial charge in [-0.3, -0.25) is 0 Å². The number of H-pyrrole nitrogens is 1. The molecule has 3 aliphatic carbocycles. The van der Waals surface area contributed by atoms with Gasteiger partial charge in [-0.15, -0.1) is 10.2 Å². The molecule has 1 N–H and O–H groups in total. The van der Waals surface area contributed by atoms with Crippen LogP contribution in [0.4, 0.5) is 5.82 Å². The number of halogens is 1. The van der Waals surface area contributed by atoms with Crippen LogP contribution in [0.5, 0.6) is 0 Å². The second-order valence-electron chi connectivity index (χ2n) is 13.0. The van der Waals surface area contributed by atoms with Crippen molar-refractivity contribution in [2.75, 3.05) is 18.0 Å². The smallest absolute Gasteiger partial charge is 0.176 e. The third-order valence-corrected chi connectivity index (χ3v) is 11.4. The van der Waals surface area contributed by atoms with Crippen molar-refractivity contribution in [2.24, 2.45) is 28.6 Å². The van der Waals surface area contributed by atoms with E-state index in [1.165, 1.54) is 51.4 Å². The second kappa shape index (κ2) is 10.8. The highest BCUT2D eigenvalue weighted by molar-refractivity contribution is 9.10. The zero-order chi connectivity index (χ0) is 28.0. The van der Waals surface area contributed by atoms with E-state index in [9.17, 15) is 0 Å². The summed E-state index contributed by atoms with van der Waals surface area (Å²) < 4.78 is 1.03. The van der Waals surface area contributed by atoms with E-state index in [-0.39, 0.29) is 0 Å². The topological polar surface area (TPSA) is 83.5 Å². The molecule has 0 radical (unpaired) electrons. The number of nitrogens with one attached hydrogen (secondary N) is 1. The van der Waals surface area contributed by atoms with E-state index in [0.29, 0.717) is 10.8 Å². The lowest BCUT2D eigenvalue weighted by atomic mass is 9.42. The molecule has 3 aliphatic rings. The molecule has 214 valence electrons. The Morgan fingerprint density at radius 2 is 1.90 bits per heavy atom. The number of rotatable bonds is 10. The van der Waals surface area contributed by atoms with Crippen LogP contribution in [0.1, 0.15) is 71.0 Å². The van der Waals surface area contributed by atoms with E-state index in [1.807, 2.05) is 12.1 Å². The number of hydrogen-bond acceptors (Lipinski definition) is 6. The van der Waals surface area contributed by atoms with Crippen LogP contribution in [0, 0.1) is 28.6 Å². The average Bonchev–Trinajstić information content (AvgIpc) is 3.58. The Balaban J connectivity index is 1.25. The van der Waals surface area contributed by atoms with E-state index < -0.39 is 0 Å². The zero-order valence-electron chi connectivity index (χ0n) is 24.2. The molecule has 0 spiro atoms. The van der Waals surface area contributed by atoms with Crippen molar-refractivity contribution in [3.63, 3.8) is 0 Å². The van der Waals surface area contributed by atoms with Crippen LogP contribution in [-0.4, -0.2) is 43.7 Å². The maximum atomic E-state index is 5.27. The summed E-state index contributed by atoms with van der Waals surface area (Å²) in [5.41, 5.74) is 3.06. The minimum Gasteiger partial charge on any atom is -0.356 e. The number of para-hydroxylation sites is 1. The number of fused-ring (bicyclic) bond motifs is 2. The van der Waals surface area contributed by atoms with Crippen LogP contribution >= 0.6 is 15.9 Å². The molecule has 7 rings (SSSR count). The summed E-state index contributed by atoms with van der Waals surface area (Å²) in [4.78, 5) is 12.8. The van der Waals surface area contributed by atoms with Crippen LogP contribution in [0.2, 0.25) is 0 Å². The molecule has 2 aromatic heterocycles. The van der Waals surface area contributed by atoms with Crippen molar-refractivity contribution in [1.29, 1.82) is 0 Å². The fourth-order valence-corrected chi connectivity index (χ4v) is 9.55. The fraction of sp³-hybridized carbons (Fsp3) is 0.545. The first-order valence-corrected chi connectivity index (χ1v) is 16.3. The van der Waals surface area contributed by atoms with E-state index >= 15 is 0 Å². The highest BCUT2D eigenvalue weighted by Gasteiger charge is 2.66. The first kappa shape index (κ1) is 27.0. The number of benzene rings is 2. The number of aromatic nitrogens is 6. The van der Waals surface area contributed by atoms with Gasteiger partial charge in [-0.05, 0) is 91.4 Å². The third-order valence-electron chi connectivity index (χ3n) is 10.9. The SMILES string of the molecule is CCC1CC2CC3C(CC)(C2)CC3(CCN(CCc2nn[nH]n2)c2nc(-c3cccc(Br)c3)nc3ccccc23)C1. The van der Waals surface area contributed by atoms with Crippen LogP contribution in [0.15, 0.2) is 53.0 Å². The maximum Gasteiger partial charge on any atom is 0.176 e. The first-order valence-electron chi connectivity index (χ1n) is 15.5. The van der Waals surface area contributed by atoms with Crippen LogP contribution in [0.3, 0.4) is 0 Å². The molecule has 2 aromatic carbocycles. The molecule has 0 aliphatic heterocycles. The molecule has 3 saturated carbocycles. The molecule has 2 heterocycles. The summed E-state index contributed by atoms with van der Waals surface area (Å²) in [5.74, 6) is 5.22. The Morgan fingerprint density at radius 3 is 2.71 bits per heavy atom. The van der Waals surface area contributed by atoms with Gasteiger partial charge in [-0.1, -0.05) is 72.1 Å². The summed E-state index contributed by atoms with van der Waals surface area (Å²) in [5, 5.41) is 16.1. The predicted octanol–water partition coefficient (Wildman–Crippen LogP) is 7.64. The molecule has 8 heteroatoms. The van der Waals surface area contributed by atoms with E-state index in [4.69, 9.17) is 9.97 Å². The summed E-state index contributed by atoms with van der Waals surface area (Å²) in [7, 11) is 0. The molecule has 2 bridgehead atoms. The summed E-state index contributed by atoms with van der Waals surface area (Å²) in [6.45, 7) is 6.63. The molecular weight excluding hydrogens is 574 g/mol. The number of tetrazole rings is 1. The monoisotopic (exact) mass is 613 g/mol. The van der Waals surface area contributed by atoms with Gasteiger partial charge in [0.15, 0.2) is 11.6 Å². The zero-order valence-corrected chi connectivity index (χ0v) is 25.8. The number of nitrogens with zero attached hydrogens (tertiary/aromatic N) is 6. The van der Waals surface area contributed by atoms with Gasteiger partial charge in [0.25, 0.3) is 0 Å². The highest BCUT2D eigenvalue weighted by atomic mass is 79.9. The van der Waals surface area contributed by atoms with Gasteiger partial charge in [-0.2, -0.15) is 5.21 Å². The normalized spacial score (nSPS) is 28.4. The van der Waals surface area contributed by atoms with E-state index in [0.717, 1.165) is 75.7 Å². The minimum absolute atomic E-state index is 0.461. The van der Waals surface area contributed by atoms with Gasteiger partial charge in [0.05, 0.1) is 5.52 Å². The first-order chi connectivity index (χ1) is 20.0. The molecule has 0 amide bonds. The molecule has 3 fully saturated rings. The second-order valence-corrected chi connectivity index (χ2v) is 14.0. The van der Waals surface area contributed by atoms with Crippen LogP contribution in [-0.2, 0) is 6.42 Å². The number of anilines is 1. The Kier molecular flexibility index (Phi) is 7.08. The van der Waals surface area contributed by atoms with E-state index in [1.54, 1.807) is 0 Å². The van der Waals surface area contributed by atoms with Crippen molar-refractivity contribution in [1.82, 2.24) is 30.6 Å². The van der Waals surface area contributed by atoms with Crippen molar-refractivity contribution >= 4 is 32.7 Å². The van der Waals surface area contributed by atoms with Crippen LogP contribution < -0.4 is 4.90 Å². The molecule has 5 unspecified atom stereocenters. The van der Waals surface area contributed by atoms with Gasteiger partial charge in [0.1, 0.15) is 5.82 Å². The Hall–Kier alpha value is -2.87. The van der Waals surface area contributed by atoms with Gasteiger partial charge < -0.3 is 4.90 Å². The number of hydrogen-bond donors (Lipinski definition) is 1. The Morgan fingerprint density at radius 1 is 1.00 bits per heavy atom. The highest BCUT2D eigenvalue weighted by Crippen LogP contribution is 2.75. The molecule has 41 heavy (non-hydrogen) atoms. The van der Waals surface area contributed by atoms with Gasteiger partial charge in [0, 0.05) is 34.9 Å². The van der Waals surface area contributed by atoms with Gasteiger partial charge >= 0.3 is 0 Å². The molecule has 0 saturated heterocycles. The van der Waals surface area contributed by atoms with Gasteiger partial charge in [-0.25, -0.2) is 9.97 Å². The van der Waals surface area contributed by atoms with Crippen molar-refractivity contribution in [3.8, 4) is 11.4 Å². The third kappa shape index (κ3) is 4.86. The molecule has 7 nitrogen and oxygen atoms in total. The van der Waals surface area contributed by atoms with Crippen LogP contribution in [0.25, 0.3) is 22.3 Å². The standard InChI is InChI=1S/C33H40BrN7/c1-3-22-16-23-17-28-32(4-2,20-23)21-33(28,19-22)13-15-41(14-12-29-37-39-40-38-29)31-26-10-5-6-11-27(26)35-30(36-31)24-8-7-9-25(34)18-24/h5-11,18,22-23,28H,3-4,12-17,19-21H2,1-2H3,(H,37,38,39,40). The van der Waals surface area contributed by atoms with Crippen molar-refractivity contribution < 1.29 is 0 Å². The fourth-order valence-electron chi connectivity index (χ4n) is 9.15. The summed E-state index contributed by atoms with van der Waals surface area (Å²) in [6, 6.07) is 16.7. The maximum absolute atomic E-state index is 5.27. The lowest BCUT2D eigenvalue weighted by Gasteiger charge is -2.62. The predicted molar refractivity (Wildman–Crippen MR) is 166 cm³/mol. The number of aromatic amines is 1. The quantitative estimate of drug-likeness (QED) is 0.198. The van der Waals surface area contributed by atoms with E-state index in [2.05, 4.69) is 91.7 Å². The summed E-state index contributed by atoms with van der Waals surface area (Å²) >= 11 is 3.64. The lowest BCUT2D eigenvalue weighted by Crippen LogP contribution is -2.55.